The van der Waals surface area contributed by atoms with Crippen LogP contribution >= 0.6 is 0 Å². The topological polar surface area (TPSA) is 93.8 Å². The van der Waals surface area contributed by atoms with E-state index >= 15 is 0 Å². The van der Waals surface area contributed by atoms with E-state index in [4.69, 9.17) is 0 Å². The lowest BCUT2D eigenvalue weighted by molar-refractivity contribution is -0.150. The number of carboxylic acid groups (broad SMARTS) is 1. The van der Waals surface area contributed by atoms with Crippen LogP contribution in [0.5, 0.6) is 0 Å². The molecule has 0 unspecified atom stereocenters. The minimum absolute atomic E-state index is 0.111. The number of carboxylic acids is 1. The number of aliphatic carboxylic acids is 1. The Kier molecular flexibility index (Phi) is 5.48. The van der Waals surface area contributed by atoms with E-state index in [0.717, 1.165) is 29.5 Å². The predicted octanol–water partition coefficient (Wildman–Crippen LogP) is 3.99. The van der Waals surface area contributed by atoms with Gasteiger partial charge in [0.05, 0.1) is 5.57 Å². The highest BCUT2D eigenvalue weighted by Gasteiger charge is 2.39. The van der Waals surface area contributed by atoms with Gasteiger partial charge in [-0.05, 0) is 23.8 Å². The highest BCUT2D eigenvalue weighted by atomic mass is 19.4. The fraction of sp³-hybridized carbons (Fsp3) is 0.118. The maximum atomic E-state index is 13.3. The Morgan fingerprint density at radius 2 is 1.61 bits per heavy atom. The summed E-state index contributed by atoms with van der Waals surface area (Å²) in [6, 6.07) is 2.64. The normalized spacial score (nSPS) is 12.8. The van der Waals surface area contributed by atoms with E-state index in [9.17, 15) is 40.6 Å². The second-order valence-corrected chi connectivity index (χ2v) is 5.89. The molecule has 3 aromatic heterocycles. The summed E-state index contributed by atoms with van der Waals surface area (Å²) in [5.41, 5.74) is -4.85. The molecule has 31 heavy (non-hydrogen) atoms. The van der Waals surface area contributed by atoms with E-state index in [1.165, 1.54) is 6.07 Å². The highest BCUT2D eigenvalue weighted by Crippen LogP contribution is 2.35. The predicted molar refractivity (Wildman–Crippen MR) is 89.3 cm³/mol. The lowest BCUT2D eigenvalue weighted by Crippen LogP contribution is -2.15. The van der Waals surface area contributed by atoms with Crippen LogP contribution in [0.2, 0.25) is 0 Å². The molecule has 3 aromatic rings. The number of pyridine rings is 2. The lowest BCUT2D eigenvalue weighted by atomic mass is 10.1. The number of aromatic nitrogens is 5. The summed E-state index contributed by atoms with van der Waals surface area (Å²) < 4.78 is 91.7. The number of hydrogen-bond acceptors (Lipinski definition) is 5. The first kappa shape index (κ1) is 21.9. The molecule has 0 saturated carbocycles. The van der Waals surface area contributed by atoms with Crippen molar-refractivity contribution in [2.75, 3.05) is 0 Å². The van der Waals surface area contributed by atoms with Gasteiger partial charge < -0.3 is 5.11 Å². The summed E-state index contributed by atoms with van der Waals surface area (Å²) in [4.78, 5) is 21.0. The highest BCUT2D eigenvalue weighted by molar-refractivity contribution is 6.19. The van der Waals surface area contributed by atoms with Crippen LogP contribution in [0.4, 0.5) is 30.7 Å². The molecule has 14 heteroatoms. The van der Waals surface area contributed by atoms with Gasteiger partial charge >= 0.3 is 18.3 Å². The zero-order valence-electron chi connectivity index (χ0n) is 14.8. The Hall–Kier alpha value is -3.84. The molecule has 0 aliphatic heterocycles. The minimum Gasteiger partial charge on any atom is -0.478 e. The maximum absolute atomic E-state index is 13.3. The third-order valence-corrected chi connectivity index (χ3v) is 3.70. The molecule has 0 saturated heterocycles. The van der Waals surface area contributed by atoms with E-state index < -0.39 is 52.6 Å². The van der Waals surface area contributed by atoms with Crippen molar-refractivity contribution in [1.82, 2.24) is 24.7 Å². The van der Waals surface area contributed by atoms with Crippen LogP contribution in [0, 0.1) is 5.95 Å². The Balaban J connectivity index is 2.07. The molecule has 3 heterocycles. The van der Waals surface area contributed by atoms with E-state index in [2.05, 4.69) is 20.1 Å². The van der Waals surface area contributed by atoms with Crippen molar-refractivity contribution in [3.8, 4) is 11.4 Å². The summed E-state index contributed by atoms with van der Waals surface area (Å²) in [7, 11) is 0. The van der Waals surface area contributed by atoms with Crippen molar-refractivity contribution in [2.24, 2.45) is 0 Å². The molecule has 0 radical (unpaired) electrons. The first-order chi connectivity index (χ1) is 14.3. The molecule has 0 aliphatic carbocycles. The zero-order chi connectivity index (χ0) is 23.0. The second-order valence-electron chi connectivity index (χ2n) is 5.89. The minimum atomic E-state index is -5.17. The fourth-order valence-electron chi connectivity index (χ4n) is 2.37. The molecular formula is C17H8F7N5O2. The summed E-state index contributed by atoms with van der Waals surface area (Å²) in [5, 5.41) is 13.0. The van der Waals surface area contributed by atoms with E-state index in [0.29, 0.717) is 12.1 Å². The van der Waals surface area contributed by atoms with Gasteiger partial charge in [0.1, 0.15) is 17.7 Å². The van der Waals surface area contributed by atoms with Gasteiger partial charge in [0.15, 0.2) is 5.82 Å². The van der Waals surface area contributed by atoms with Gasteiger partial charge in [-0.1, -0.05) is 0 Å². The Bertz CT molecular complexity index is 1140. The van der Waals surface area contributed by atoms with Crippen LogP contribution < -0.4 is 0 Å². The van der Waals surface area contributed by atoms with E-state index in [-0.39, 0.29) is 5.56 Å². The molecule has 7 nitrogen and oxygen atoms in total. The number of halogens is 7. The average molecular weight is 447 g/mol. The van der Waals surface area contributed by atoms with Crippen LogP contribution in [0.3, 0.4) is 0 Å². The SMILES string of the molecule is O=C(O)/C(=C/n1cnc(-c2cc(C(F)(F)F)nc(C(F)(F)F)c2)n1)c1ccnc(F)c1. The first-order valence-electron chi connectivity index (χ1n) is 7.99. The van der Waals surface area contributed by atoms with Gasteiger partial charge in [-0.3, -0.25) is 0 Å². The van der Waals surface area contributed by atoms with Crippen LogP contribution in [-0.2, 0) is 17.1 Å². The Morgan fingerprint density at radius 3 is 2.13 bits per heavy atom. The van der Waals surface area contributed by atoms with Crippen LogP contribution in [0.15, 0.2) is 36.8 Å². The standard InChI is InChI=1S/C17H8F7N5O2/c18-13-5-8(1-2-25-13)10(15(30)31)6-29-7-26-14(28-29)9-3-11(16(19,20)21)27-12(4-9)17(22,23)24/h1-7H,(H,30,31)/b10-6+. The van der Waals surface area contributed by atoms with Crippen molar-refractivity contribution >= 4 is 17.7 Å². The third kappa shape index (κ3) is 5.02. The molecule has 0 aliphatic rings. The molecule has 0 atom stereocenters. The second kappa shape index (κ2) is 7.77. The molecule has 162 valence electrons. The van der Waals surface area contributed by atoms with Crippen molar-refractivity contribution in [2.45, 2.75) is 12.4 Å². The van der Waals surface area contributed by atoms with Gasteiger partial charge in [-0.25, -0.2) is 24.4 Å². The Labute approximate surface area is 167 Å². The fourth-order valence-corrected chi connectivity index (χ4v) is 2.37. The third-order valence-electron chi connectivity index (χ3n) is 3.70. The van der Waals surface area contributed by atoms with E-state index in [1.54, 1.807) is 0 Å². The molecule has 3 rings (SSSR count). The first-order valence-corrected chi connectivity index (χ1v) is 7.99. The van der Waals surface area contributed by atoms with Gasteiger partial charge in [0, 0.05) is 24.0 Å². The van der Waals surface area contributed by atoms with E-state index in [1.807, 2.05) is 0 Å². The summed E-state index contributed by atoms with van der Waals surface area (Å²) in [6.07, 6.45) is -7.62. The van der Waals surface area contributed by atoms with Crippen molar-refractivity contribution in [3.05, 3.63) is 59.7 Å². The molecule has 0 bridgehead atoms. The smallest absolute Gasteiger partial charge is 0.433 e. The monoisotopic (exact) mass is 447 g/mol. The number of alkyl halides is 6. The van der Waals surface area contributed by atoms with Crippen molar-refractivity contribution in [1.29, 1.82) is 0 Å². The molecule has 0 spiro atoms. The van der Waals surface area contributed by atoms with Crippen LogP contribution in [0.25, 0.3) is 23.2 Å². The average Bonchev–Trinajstić information content (AvgIpc) is 3.13. The van der Waals surface area contributed by atoms with Crippen molar-refractivity contribution in [3.63, 3.8) is 0 Å². The molecule has 1 N–H and O–H groups in total. The van der Waals surface area contributed by atoms with Gasteiger partial charge in [0.25, 0.3) is 0 Å². The molecule has 0 amide bonds. The maximum Gasteiger partial charge on any atom is 0.433 e. The lowest BCUT2D eigenvalue weighted by Gasteiger charge is -2.11. The number of nitrogens with zero attached hydrogens (tertiary/aromatic N) is 5. The van der Waals surface area contributed by atoms with Gasteiger partial charge in [-0.15, -0.1) is 5.10 Å². The van der Waals surface area contributed by atoms with Crippen molar-refractivity contribution < 1.29 is 40.6 Å². The van der Waals surface area contributed by atoms with Gasteiger partial charge in [0.2, 0.25) is 5.95 Å². The zero-order valence-corrected chi connectivity index (χ0v) is 14.8. The van der Waals surface area contributed by atoms with Crippen LogP contribution in [0.1, 0.15) is 17.0 Å². The summed E-state index contributed by atoms with van der Waals surface area (Å²) >= 11 is 0. The molecule has 0 fully saturated rings. The summed E-state index contributed by atoms with van der Waals surface area (Å²) in [5.74, 6) is -3.04. The van der Waals surface area contributed by atoms with Gasteiger partial charge in [-0.2, -0.15) is 30.7 Å². The Morgan fingerprint density at radius 1 is 1.00 bits per heavy atom. The quantitative estimate of drug-likeness (QED) is 0.369. The number of hydrogen-bond donors (Lipinski definition) is 1. The number of rotatable bonds is 4. The molecule has 0 aromatic carbocycles. The summed E-state index contributed by atoms with van der Waals surface area (Å²) in [6.45, 7) is 0. The van der Waals surface area contributed by atoms with Crippen LogP contribution in [-0.4, -0.2) is 35.8 Å². The largest absolute Gasteiger partial charge is 0.478 e. The molecular weight excluding hydrogens is 439 g/mol. The number of carbonyl (C=O) groups is 1.